The van der Waals surface area contributed by atoms with Crippen LogP contribution in [0.5, 0.6) is 0 Å². The molecule has 4 unspecified atom stereocenters. The molecule has 0 aromatic rings. The number of nitrogens with two attached hydrogens (primary N) is 1. The summed E-state index contributed by atoms with van der Waals surface area (Å²) >= 11 is 0. The van der Waals surface area contributed by atoms with E-state index in [1.807, 2.05) is 0 Å². The van der Waals surface area contributed by atoms with E-state index in [1.165, 1.54) is 44.9 Å². The summed E-state index contributed by atoms with van der Waals surface area (Å²) in [7, 11) is 0. The second-order valence-corrected chi connectivity index (χ2v) is 5.36. The molecular formula is C13H26N2O. The van der Waals surface area contributed by atoms with Gasteiger partial charge in [0.15, 0.2) is 0 Å². The Kier molecular flexibility index (Phi) is 4.62. The van der Waals surface area contributed by atoms with Gasteiger partial charge in [0.2, 0.25) is 0 Å². The van der Waals surface area contributed by atoms with Crippen LogP contribution in [0, 0.1) is 11.8 Å². The number of hydrogen-bond donors (Lipinski definition) is 2. The van der Waals surface area contributed by atoms with Crippen LogP contribution in [0.25, 0.3) is 0 Å². The third kappa shape index (κ3) is 2.58. The van der Waals surface area contributed by atoms with Crippen molar-refractivity contribution in [1.29, 1.82) is 0 Å². The maximum absolute atomic E-state index is 5.81. The topological polar surface area (TPSA) is 47.3 Å². The van der Waals surface area contributed by atoms with Crippen molar-refractivity contribution < 1.29 is 4.74 Å². The van der Waals surface area contributed by atoms with E-state index in [2.05, 4.69) is 12.3 Å². The van der Waals surface area contributed by atoms with E-state index in [-0.39, 0.29) is 0 Å². The lowest BCUT2D eigenvalue weighted by molar-refractivity contribution is 0.0324. The Morgan fingerprint density at radius 3 is 2.69 bits per heavy atom. The number of rotatable bonds is 4. The van der Waals surface area contributed by atoms with Gasteiger partial charge in [0.05, 0.1) is 12.1 Å². The van der Waals surface area contributed by atoms with Gasteiger partial charge in [0.25, 0.3) is 0 Å². The van der Waals surface area contributed by atoms with E-state index in [0.29, 0.717) is 12.1 Å². The summed E-state index contributed by atoms with van der Waals surface area (Å²) in [5.41, 5.74) is 3.05. The van der Waals surface area contributed by atoms with Gasteiger partial charge in [-0.1, -0.05) is 32.6 Å². The molecule has 4 atom stereocenters. The highest BCUT2D eigenvalue weighted by Crippen LogP contribution is 2.37. The lowest BCUT2D eigenvalue weighted by atomic mass is 9.72. The fourth-order valence-electron chi connectivity index (χ4n) is 3.61. The van der Waals surface area contributed by atoms with Crippen LogP contribution in [0.1, 0.15) is 51.9 Å². The van der Waals surface area contributed by atoms with Crippen LogP contribution in [-0.4, -0.2) is 18.8 Å². The normalized spacial score (nSPS) is 37.5. The predicted molar refractivity (Wildman–Crippen MR) is 65.8 cm³/mol. The lowest BCUT2D eigenvalue weighted by Gasteiger charge is -2.38. The minimum absolute atomic E-state index is 0.363. The zero-order valence-corrected chi connectivity index (χ0v) is 10.5. The average Bonchev–Trinajstić information content (AvgIpc) is 2.84. The molecule has 0 aromatic carbocycles. The summed E-state index contributed by atoms with van der Waals surface area (Å²) in [5, 5.41) is 0. The van der Waals surface area contributed by atoms with Crippen LogP contribution in [-0.2, 0) is 4.74 Å². The Morgan fingerprint density at radius 1 is 1.25 bits per heavy atom. The Bertz CT molecular complexity index is 202. The van der Waals surface area contributed by atoms with Crippen LogP contribution in [0.3, 0.4) is 0 Å². The number of hydrogen-bond acceptors (Lipinski definition) is 3. The molecule has 0 amide bonds. The first-order valence-corrected chi connectivity index (χ1v) is 6.94. The van der Waals surface area contributed by atoms with Crippen LogP contribution < -0.4 is 11.3 Å². The molecule has 1 saturated heterocycles. The highest BCUT2D eigenvalue weighted by atomic mass is 16.5. The molecule has 0 spiro atoms. The van der Waals surface area contributed by atoms with Crippen molar-refractivity contribution in [1.82, 2.24) is 5.43 Å². The SMILES string of the molecule is CCC1CCCCC1C(NN)C1CCCO1. The minimum Gasteiger partial charge on any atom is -0.377 e. The Labute approximate surface area is 99.1 Å². The Balaban J connectivity index is 1.99. The van der Waals surface area contributed by atoms with Gasteiger partial charge in [-0.15, -0.1) is 0 Å². The maximum atomic E-state index is 5.81. The Hall–Kier alpha value is -0.120. The molecule has 3 heteroatoms. The van der Waals surface area contributed by atoms with E-state index in [4.69, 9.17) is 10.6 Å². The largest absolute Gasteiger partial charge is 0.377 e. The molecule has 1 saturated carbocycles. The molecule has 16 heavy (non-hydrogen) atoms. The van der Waals surface area contributed by atoms with Crippen LogP contribution in [0.15, 0.2) is 0 Å². The van der Waals surface area contributed by atoms with Gasteiger partial charge in [-0.2, -0.15) is 0 Å². The van der Waals surface area contributed by atoms with Gasteiger partial charge < -0.3 is 4.74 Å². The summed E-state index contributed by atoms with van der Waals surface area (Å²) in [6, 6.07) is 0.382. The fraction of sp³-hybridized carbons (Fsp3) is 1.00. The van der Waals surface area contributed by atoms with Crippen molar-refractivity contribution >= 4 is 0 Å². The third-order valence-electron chi connectivity index (χ3n) is 4.51. The fourth-order valence-corrected chi connectivity index (χ4v) is 3.61. The van der Waals surface area contributed by atoms with E-state index in [0.717, 1.165) is 18.4 Å². The smallest absolute Gasteiger partial charge is 0.0745 e. The molecule has 0 radical (unpaired) electrons. The van der Waals surface area contributed by atoms with Gasteiger partial charge in [-0.3, -0.25) is 11.3 Å². The third-order valence-corrected chi connectivity index (χ3v) is 4.51. The standard InChI is InChI=1S/C13H26N2O/c1-2-10-6-3-4-7-11(10)13(15-14)12-8-5-9-16-12/h10-13,15H,2-9,14H2,1H3. The van der Waals surface area contributed by atoms with Crippen molar-refractivity contribution in [3.63, 3.8) is 0 Å². The molecular weight excluding hydrogens is 200 g/mol. The van der Waals surface area contributed by atoms with Gasteiger partial charge in [-0.05, 0) is 31.1 Å². The zero-order chi connectivity index (χ0) is 11.4. The molecule has 0 aromatic heterocycles. The van der Waals surface area contributed by atoms with Crippen molar-refractivity contribution in [2.45, 2.75) is 64.0 Å². The molecule has 1 aliphatic heterocycles. The van der Waals surface area contributed by atoms with Crippen LogP contribution in [0.4, 0.5) is 0 Å². The molecule has 3 N–H and O–H groups in total. The molecule has 1 heterocycles. The first-order chi connectivity index (χ1) is 7.86. The number of nitrogens with one attached hydrogen (secondary N) is 1. The highest BCUT2D eigenvalue weighted by Gasteiger charge is 2.36. The van der Waals surface area contributed by atoms with E-state index >= 15 is 0 Å². The van der Waals surface area contributed by atoms with Crippen LogP contribution >= 0.6 is 0 Å². The molecule has 2 rings (SSSR count). The van der Waals surface area contributed by atoms with E-state index in [1.54, 1.807) is 0 Å². The zero-order valence-electron chi connectivity index (χ0n) is 10.5. The van der Waals surface area contributed by atoms with E-state index < -0.39 is 0 Å². The van der Waals surface area contributed by atoms with Gasteiger partial charge >= 0.3 is 0 Å². The number of hydrazine groups is 1. The first kappa shape index (κ1) is 12.3. The molecule has 1 aliphatic carbocycles. The highest BCUT2D eigenvalue weighted by molar-refractivity contribution is 4.89. The van der Waals surface area contributed by atoms with Gasteiger partial charge in [0, 0.05) is 6.61 Å². The second-order valence-electron chi connectivity index (χ2n) is 5.36. The summed E-state index contributed by atoms with van der Waals surface area (Å²) < 4.78 is 5.81. The molecule has 2 fully saturated rings. The summed E-state index contributed by atoms with van der Waals surface area (Å²) in [5.74, 6) is 7.35. The Morgan fingerprint density at radius 2 is 2.06 bits per heavy atom. The average molecular weight is 226 g/mol. The quantitative estimate of drug-likeness (QED) is 0.571. The monoisotopic (exact) mass is 226 g/mol. The number of ether oxygens (including phenoxy) is 1. The molecule has 3 nitrogen and oxygen atoms in total. The predicted octanol–water partition coefficient (Wildman–Crippen LogP) is 2.21. The van der Waals surface area contributed by atoms with E-state index in [9.17, 15) is 0 Å². The van der Waals surface area contributed by atoms with Crippen molar-refractivity contribution in [3.8, 4) is 0 Å². The van der Waals surface area contributed by atoms with Gasteiger partial charge in [0.1, 0.15) is 0 Å². The molecule has 94 valence electrons. The lowest BCUT2D eigenvalue weighted by Crippen LogP contribution is -2.51. The summed E-state index contributed by atoms with van der Waals surface area (Å²) in [4.78, 5) is 0. The van der Waals surface area contributed by atoms with Crippen LogP contribution in [0.2, 0.25) is 0 Å². The van der Waals surface area contributed by atoms with Gasteiger partial charge in [-0.25, -0.2) is 0 Å². The minimum atomic E-state index is 0.363. The summed E-state index contributed by atoms with van der Waals surface area (Å²) in [6.45, 7) is 3.23. The van der Waals surface area contributed by atoms with Crippen molar-refractivity contribution in [2.24, 2.45) is 17.7 Å². The first-order valence-electron chi connectivity index (χ1n) is 6.94. The maximum Gasteiger partial charge on any atom is 0.0745 e. The molecule has 2 aliphatic rings. The summed E-state index contributed by atoms with van der Waals surface area (Å²) in [6.07, 6.45) is 9.51. The van der Waals surface area contributed by atoms with Crippen molar-refractivity contribution in [2.75, 3.05) is 6.61 Å². The van der Waals surface area contributed by atoms with Crippen molar-refractivity contribution in [3.05, 3.63) is 0 Å². The molecule has 0 bridgehead atoms. The second kappa shape index (κ2) is 5.99.